The molecule has 2 heterocycles. The van der Waals surface area contributed by atoms with Gasteiger partial charge in [-0.2, -0.15) is 0 Å². The van der Waals surface area contributed by atoms with Crippen molar-refractivity contribution in [2.75, 3.05) is 24.8 Å². The number of amides is 3. The molecule has 0 spiro atoms. The molecule has 0 saturated carbocycles. The molecule has 2 aliphatic heterocycles. The van der Waals surface area contributed by atoms with Gasteiger partial charge in [-0.15, -0.1) is 0 Å². The molecule has 1 unspecified atom stereocenters. The molecule has 0 radical (unpaired) electrons. The Hall–Kier alpha value is -3.00. The maximum Gasteiger partial charge on any atom is 0.289 e. The summed E-state index contributed by atoms with van der Waals surface area (Å²) in [5, 5.41) is 2.69. The summed E-state index contributed by atoms with van der Waals surface area (Å²) in [4.78, 5) is 37.3. The first-order valence-corrected chi connectivity index (χ1v) is 10.2. The fourth-order valence-corrected chi connectivity index (χ4v) is 4.03. The number of ether oxygens (including phenoxy) is 2. The summed E-state index contributed by atoms with van der Waals surface area (Å²) in [7, 11) is 1.60. The van der Waals surface area contributed by atoms with E-state index in [4.69, 9.17) is 9.47 Å². The van der Waals surface area contributed by atoms with Crippen molar-refractivity contribution >= 4 is 34.5 Å². The molecular weight excluding hydrogens is 392 g/mol. The molecule has 2 aliphatic rings. The Morgan fingerprint density at radius 3 is 2.72 bits per heavy atom. The average molecular weight is 412 g/mol. The highest BCUT2D eigenvalue weighted by Crippen LogP contribution is 2.31. The van der Waals surface area contributed by atoms with Gasteiger partial charge in [-0.05, 0) is 35.7 Å². The molecule has 1 N–H and O–H groups in total. The SMILES string of the molecule is COc1ccc2c(c1)OCC(C(=O)Nc1ccc(CN3C(=O)CSC3=O)cc1)C2. The second kappa shape index (κ2) is 8.16. The zero-order valence-electron chi connectivity index (χ0n) is 15.8. The van der Waals surface area contributed by atoms with Crippen LogP contribution in [0.3, 0.4) is 0 Å². The van der Waals surface area contributed by atoms with Crippen LogP contribution in [-0.2, 0) is 22.6 Å². The van der Waals surface area contributed by atoms with Crippen molar-refractivity contribution in [3.05, 3.63) is 53.6 Å². The fraction of sp³-hybridized carbons (Fsp3) is 0.286. The molecule has 0 bridgehead atoms. The number of anilines is 1. The van der Waals surface area contributed by atoms with Gasteiger partial charge in [0.15, 0.2) is 0 Å². The van der Waals surface area contributed by atoms with Crippen molar-refractivity contribution in [2.24, 2.45) is 5.92 Å². The molecular formula is C21H20N2O5S. The second-order valence-corrected chi connectivity index (χ2v) is 7.83. The van der Waals surface area contributed by atoms with E-state index in [1.54, 1.807) is 31.4 Å². The number of hydrogen-bond donors (Lipinski definition) is 1. The summed E-state index contributed by atoms with van der Waals surface area (Å²) in [6, 6.07) is 12.8. The predicted octanol–water partition coefficient (Wildman–Crippen LogP) is 3.08. The van der Waals surface area contributed by atoms with Crippen LogP contribution in [0.15, 0.2) is 42.5 Å². The van der Waals surface area contributed by atoms with Gasteiger partial charge in [-0.1, -0.05) is 30.0 Å². The van der Waals surface area contributed by atoms with Gasteiger partial charge in [0.2, 0.25) is 11.8 Å². The maximum atomic E-state index is 12.6. The Morgan fingerprint density at radius 2 is 2.03 bits per heavy atom. The second-order valence-electron chi connectivity index (χ2n) is 6.91. The maximum absolute atomic E-state index is 12.6. The summed E-state index contributed by atoms with van der Waals surface area (Å²) in [6.45, 7) is 0.552. The fourth-order valence-electron chi connectivity index (χ4n) is 3.30. The Kier molecular flexibility index (Phi) is 5.44. The molecule has 8 heteroatoms. The van der Waals surface area contributed by atoms with Crippen LogP contribution < -0.4 is 14.8 Å². The number of fused-ring (bicyclic) bond motifs is 1. The van der Waals surface area contributed by atoms with E-state index in [-0.39, 0.29) is 35.3 Å². The average Bonchev–Trinajstić information content (AvgIpc) is 3.06. The number of nitrogens with zero attached hydrogens (tertiary/aromatic N) is 1. The van der Waals surface area contributed by atoms with E-state index in [2.05, 4.69) is 5.32 Å². The minimum Gasteiger partial charge on any atom is -0.497 e. The van der Waals surface area contributed by atoms with Gasteiger partial charge in [0.1, 0.15) is 18.1 Å². The lowest BCUT2D eigenvalue weighted by molar-refractivity contribution is -0.125. The number of benzene rings is 2. The molecule has 3 amide bonds. The molecule has 0 aliphatic carbocycles. The predicted molar refractivity (Wildman–Crippen MR) is 109 cm³/mol. The quantitative estimate of drug-likeness (QED) is 0.812. The van der Waals surface area contributed by atoms with E-state index in [0.717, 1.165) is 34.4 Å². The molecule has 2 aromatic carbocycles. The molecule has 0 aromatic heterocycles. The van der Waals surface area contributed by atoms with Crippen LogP contribution in [0.1, 0.15) is 11.1 Å². The molecule has 1 saturated heterocycles. The van der Waals surface area contributed by atoms with Crippen LogP contribution >= 0.6 is 11.8 Å². The highest BCUT2D eigenvalue weighted by atomic mass is 32.2. The van der Waals surface area contributed by atoms with Crippen LogP contribution in [0.2, 0.25) is 0 Å². The van der Waals surface area contributed by atoms with Crippen molar-refractivity contribution in [2.45, 2.75) is 13.0 Å². The van der Waals surface area contributed by atoms with Crippen molar-refractivity contribution in [1.29, 1.82) is 0 Å². The van der Waals surface area contributed by atoms with Crippen LogP contribution in [0.4, 0.5) is 10.5 Å². The van der Waals surface area contributed by atoms with Crippen molar-refractivity contribution in [1.82, 2.24) is 4.90 Å². The third-order valence-electron chi connectivity index (χ3n) is 4.95. The molecule has 29 heavy (non-hydrogen) atoms. The largest absolute Gasteiger partial charge is 0.497 e. The van der Waals surface area contributed by atoms with Gasteiger partial charge in [0.25, 0.3) is 5.24 Å². The standard InChI is InChI=1S/C21H20N2O5S/c1-27-17-7-4-14-8-15(11-28-18(14)9-17)20(25)22-16-5-2-13(3-6-16)10-23-19(24)12-29-21(23)26/h2-7,9,15H,8,10-12H2,1H3,(H,22,25). The van der Waals surface area contributed by atoms with Gasteiger partial charge >= 0.3 is 0 Å². The number of nitrogens with one attached hydrogen (secondary N) is 1. The van der Waals surface area contributed by atoms with Crippen LogP contribution in [0.25, 0.3) is 0 Å². The van der Waals surface area contributed by atoms with Crippen LogP contribution in [0.5, 0.6) is 11.5 Å². The van der Waals surface area contributed by atoms with Crippen molar-refractivity contribution < 1.29 is 23.9 Å². The molecule has 1 atom stereocenters. The number of carbonyl (C=O) groups is 3. The monoisotopic (exact) mass is 412 g/mol. The summed E-state index contributed by atoms with van der Waals surface area (Å²) < 4.78 is 10.9. The van der Waals surface area contributed by atoms with E-state index in [0.29, 0.717) is 18.7 Å². The van der Waals surface area contributed by atoms with Crippen molar-refractivity contribution in [3.63, 3.8) is 0 Å². The highest BCUT2D eigenvalue weighted by molar-refractivity contribution is 8.14. The molecule has 150 valence electrons. The summed E-state index contributed by atoms with van der Waals surface area (Å²) in [5.41, 5.74) is 2.47. The number of rotatable bonds is 5. The smallest absolute Gasteiger partial charge is 0.289 e. The normalized spacial score (nSPS) is 18.2. The lowest BCUT2D eigenvalue weighted by atomic mass is 9.95. The third kappa shape index (κ3) is 4.22. The molecule has 4 rings (SSSR count). The lowest BCUT2D eigenvalue weighted by Gasteiger charge is -2.25. The first-order chi connectivity index (χ1) is 14.0. The first kappa shape index (κ1) is 19.3. The number of methoxy groups -OCH3 is 1. The Bertz CT molecular complexity index is 944. The Labute approximate surface area is 172 Å². The number of carbonyl (C=O) groups excluding carboxylic acids is 3. The zero-order valence-corrected chi connectivity index (χ0v) is 16.7. The highest BCUT2D eigenvalue weighted by Gasteiger charge is 2.30. The molecule has 2 aromatic rings. The molecule has 1 fully saturated rings. The minimum atomic E-state index is -0.285. The van der Waals surface area contributed by atoms with E-state index >= 15 is 0 Å². The zero-order chi connectivity index (χ0) is 20.4. The number of hydrogen-bond acceptors (Lipinski definition) is 6. The van der Waals surface area contributed by atoms with Gasteiger partial charge in [0.05, 0.1) is 25.3 Å². The summed E-state index contributed by atoms with van der Waals surface area (Å²) in [6.07, 6.45) is 0.597. The van der Waals surface area contributed by atoms with Crippen LogP contribution in [-0.4, -0.2) is 41.4 Å². The Balaban J connectivity index is 1.36. The van der Waals surface area contributed by atoms with E-state index in [9.17, 15) is 14.4 Å². The summed E-state index contributed by atoms with van der Waals surface area (Å²) in [5.74, 6) is 1.11. The lowest BCUT2D eigenvalue weighted by Crippen LogP contribution is -2.32. The van der Waals surface area contributed by atoms with E-state index in [1.165, 1.54) is 4.90 Å². The van der Waals surface area contributed by atoms with E-state index < -0.39 is 0 Å². The van der Waals surface area contributed by atoms with Gasteiger partial charge in [0, 0.05) is 11.8 Å². The molecule has 7 nitrogen and oxygen atoms in total. The minimum absolute atomic E-state index is 0.111. The van der Waals surface area contributed by atoms with E-state index in [1.807, 2.05) is 18.2 Å². The third-order valence-corrected chi connectivity index (χ3v) is 5.81. The topological polar surface area (TPSA) is 84.9 Å². The van der Waals surface area contributed by atoms with Crippen molar-refractivity contribution in [3.8, 4) is 11.5 Å². The Morgan fingerprint density at radius 1 is 1.24 bits per heavy atom. The van der Waals surface area contributed by atoms with Gasteiger partial charge in [-0.25, -0.2) is 0 Å². The number of imide groups is 1. The summed E-state index contributed by atoms with van der Waals surface area (Å²) >= 11 is 1.02. The first-order valence-electron chi connectivity index (χ1n) is 9.20. The number of thioether (sulfide) groups is 1. The van der Waals surface area contributed by atoms with Gasteiger partial charge < -0.3 is 14.8 Å². The van der Waals surface area contributed by atoms with Gasteiger partial charge in [-0.3, -0.25) is 19.3 Å². The van der Waals surface area contributed by atoms with Crippen LogP contribution in [0, 0.1) is 5.92 Å².